The maximum absolute atomic E-state index is 5.45. The molecular formula is C10H15BrN2O. The molecular weight excluding hydrogens is 244 g/mol. The minimum atomic E-state index is 0.296. The number of nitrogens with zero attached hydrogens (tertiary/aromatic N) is 2. The third-order valence-electron chi connectivity index (χ3n) is 3.22. The number of rotatable bonds is 1. The summed E-state index contributed by atoms with van der Waals surface area (Å²) in [4.78, 5) is 0.494. The minimum absolute atomic E-state index is 0.296. The van der Waals surface area contributed by atoms with E-state index >= 15 is 0 Å². The van der Waals surface area contributed by atoms with Crippen molar-refractivity contribution in [1.82, 2.24) is 10.2 Å². The summed E-state index contributed by atoms with van der Waals surface area (Å²) in [6.07, 6.45) is 5.01. The van der Waals surface area contributed by atoms with Gasteiger partial charge in [0, 0.05) is 21.8 Å². The van der Waals surface area contributed by atoms with Crippen molar-refractivity contribution in [1.29, 1.82) is 0 Å². The second-order valence-electron chi connectivity index (χ2n) is 4.68. The molecule has 1 aliphatic carbocycles. The molecule has 4 heteroatoms. The Labute approximate surface area is 92.4 Å². The molecule has 1 aromatic heterocycles. The topological polar surface area (TPSA) is 38.9 Å². The van der Waals surface area contributed by atoms with E-state index in [0.717, 1.165) is 5.89 Å². The Morgan fingerprint density at radius 1 is 1.36 bits per heavy atom. The lowest BCUT2D eigenvalue weighted by Gasteiger charge is -2.36. The van der Waals surface area contributed by atoms with E-state index in [4.69, 9.17) is 4.42 Å². The van der Waals surface area contributed by atoms with Gasteiger partial charge in [-0.2, -0.15) is 0 Å². The molecule has 0 saturated heterocycles. The molecule has 0 aliphatic heterocycles. The number of aromatic nitrogens is 2. The fraction of sp³-hybridized carbons (Fsp3) is 0.800. The Balaban J connectivity index is 2.23. The molecule has 1 atom stereocenters. The molecule has 2 rings (SSSR count). The van der Waals surface area contributed by atoms with Gasteiger partial charge >= 0.3 is 0 Å². The first-order valence-electron chi connectivity index (χ1n) is 5.08. The molecule has 0 N–H and O–H groups in total. The lowest BCUT2D eigenvalue weighted by atomic mass is 9.69. The first-order valence-corrected chi connectivity index (χ1v) is 5.88. The molecule has 0 bridgehead atoms. The van der Waals surface area contributed by atoms with Crippen LogP contribution in [-0.2, 0) is 0 Å². The first kappa shape index (κ1) is 10.1. The fourth-order valence-corrected chi connectivity index (χ4v) is 2.55. The zero-order valence-electron chi connectivity index (χ0n) is 8.59. The molecule has 1 unspecified atom stereocenters. The van der Waals surface area contributed by atoms with Crippen LogP contribution in [0.15, 0.2) is 9.22 Å². The molecule has 3 nitrogen and oxygen atoms in total. The Bertz CT molecular complexity index is 322. The SMILES string of the molecule is CC1(C)CCCCC1c1nnc(Br)o1. The fourth-order valence-electron chi connectivity index (χ4n) is 2.31. The van der Waals surface area contributed by atoms with Crippen LogP contribution in [0.4, 0.5) is 0 Å². The van der Waals surface area contributed by atoms with Gasteiger partial charge in [-0.1, -0.05) is 26.7 Å². The average molecular weight is 259 g/mol. The predicted octanol–water partition coefficient (Wildman–Crippen LogP) is 3.52. The van der Waals surface area contributed by atoms with Crippen molar-refractivity contribution in [2.75, 3.05) is 0 Å². The van der Waals surface area contributed by atoms with Gasteiger partial charge in [0.05, 0.1) is 0 Å². The molecule has 1 aliphatic rings. The molecule has 0 spiro atoms. The molecule has 1 heterocycles. The Morgan fingerprint density at radius 3 is 2.71 bits per heavy atom. The van der Waals surface area contributed by atoms with Gasteiger partial charge in [-0.25, -0.2) is 0 Å². The van der Waals surface area contributed by atoms with E-state index in [-0.39, 0.29) is 0 Å². The first-order chi connectivity index (χ1) is 6.59. The summed E-state index contributed by atoms with van der Waals surface area (Å²) < 4.78 is 5.45. The molecule has 0 aromatic carbocycles. The quantitative estimate of drug-likeness (QED) is 0.774. The third kappa shape index (κ3) is 1.85. The van der Waals surface area contributed by atoms with Crippen LogP contribution in [-0.4, -0.2) is 10.2 Å². The normalized spacial score (nSPS) is 26.4. The van der Waals surface area contributed by atoms with Crippen molar-refractivity contribution in [3.8, 4) is 0 Å². The van der Waals surface area contributed by atoms with Crippen molar-refractivity contribution in [3.63, 3.8) is 0 Å². The minimum Gasteiger partial charge on any atom is -0.415 e. The van der Waals surface area contributed by atoms with Gasteiger partial charge in [0.1, 0.15) is 0 Å². The highest BCUT2D eigenvalue weighted by Gasteiger charge is 2.36. The van der Waals surface area contributed by atoms with Crippen LogP contribution in [0.2, 0.25) is 0 Å². The largest absolute Gasteiger partial charge is 0.415 e. The van der Waals surface area contributed by atoms with Crippen LogP contribution in [0.5, 0.6) is 0 Å². The highest BCUT2D eigenvalue weighted by Crippen LogP contribution is 2.46. The van der Waals surface area contributed by atoms with E-state index in [9.17, 15) is 0 Å². The number of hydrogen-bond donors (Lipinski definition) is 0. The van der Waals surface area contributed by atoms with E-state index in [0.29, 0.717) is 16.1 Å². The van der Waals surface area contributed by atoms with Crippen molar-refractivity contribution >= 4 is 15.9 Å². The van der Waals surface area contributed by atoms with Gasteiger partial charge in [0.25, 0.3) is 4.80 Å². The van der Waals surface area contributed by atoms with Crippen molar-refractivity contribution in [3.05, 3.63) is 10.7 Å². The van der Waals surface area contributed by atoms with Crippen molar-refractivity contribution in [2.24, 2.45) is 5.41 Å². The standard InChI is InChI=1S/C10H15BrN2O/c1-10(2)6-4-3-5-7(10)8-12-13-9(11)14-8/h7H,3-6H2,1-2H3. The van der Waals surface area contributed by atoms with E-state index in [1.807, 2.05) is 0 Å². The summed E-state index contributed by atoms with van der Waals surface area (Å²) in [5.41, 5.74) is 0.296. The maximum Gasteiger partial charge on any atom is 0.284 e. The second-order valence-corrected chi connectivity index (χ2v) is 5.36. The zero-order chi connectivity index (χ0) is 10.2. The Kier molecular flexibility index (Phi) is 2.64. The maximum atomic E-state index is 5.45. The lowest BCUT2D eigenvalue weighted by Crippen LogP contribution is -2.26. The summed E-state index contributed by atoms with van der Waals surface area (Å²) >= 11 is 3.20. The number of halogens is 1. The van der Waals surface area contributed by atoms with Gasteiger partial charge in [0.15, 0.2) is 0 Å². The summed E-state index contributed by atoms with van der Waals surface area (Å²) in [7, 11) is 0. The molecule has 0 radical (unpaired) electrons. The Morgan fingerprint density at radius 2 is 2.14 bits per heavy atom. The summed E-state index contributed by atoms with van der Waals surface area (Å²) in [5.74, 6) is 1.22. The van der Waals surface area contributed by atoms with Gasteiger partial charge in [-0.05, 0) is 18.3 Å². The smallest absolute Gasteiger partial charge is 0.284 e. The van der Waals surface area contributed by atoms with E-state index < -0.39 is 0 Å². The molecule has 78 valence electrons. The lowest BCUT2D eigenvalue weighted by molar-refractivity contribution is 0.172. The molecule has 0 amide bonds. The van der Waals surface area contributed by atoms with Crippen LogP contribution in [0.1, 0.15) is 51.3 Å². The molecule has 1 fully saturated rings. The van der Waals surface area contributed by atoms with Crippen molar-refractivity contribution < 1.29 is 4.42 Å². The van der Waals surface area contributed by atoms with E-state index in [1.165, 1.54) is 25.7 Å². The van der Waals surface area contributed by atoms with E-state index in [2.05, 4.69) is 40.0 Å². The third-order valence-corrected chi connectivity index (χ3v) is 3.54. The Hall–Kier alpha value is -0.380. The van der Waals surface area contributed by atoms with Crippen LogP contribution in [0.25, 0.3) is 0 Å². The molecule has 1 aromatic rings. The van der Waals surface area contributed by atoms with Gasteiger partial charge < -0.3 is 4.42 Å². The number of hydrogen-bond acceptors (Lipinski definition) is 3. The monoisotopic (exact) mass is 258 g/mol. The van der Waals surface area contributed by atoms with Crippen LogP contribution < -0.4 is 0 Å². The summed E-state index contributed by atoms with van der Waals surface area (Å²) in [5, 5.41) is 7.93. The van der Waals surface area contributed by atoms with E-state index in [1.54, 1.807) is 0 Å². The summed E-state index contributed by atoms with van der Waals surface area (Å²) in [6, 6.07) is 0. The van der Waals surface area contributed by atoms with Crippen molar-refractivity contribution in [2.45, 2.75) is 45.4 Å². The van der Waals surface area contributed by atoms with Gasteiger partial charge in [-0.3, -0.25) is 0 Å². The van der Waals surface area contributed by atoms with Gasteiger partial charge in [0.2, 0.25) is 5.89 Å². The zero-order valence-corrected chi connectivity index (χ0v) is 10.2. The predicted molar refractivity (Wildman–Crippen MR) is 57.0 cm³/mol. The van der Waals surface area contributed by atoms with Gasteiger partial charge in [-0.15, -0.1) is 10.2 Å². The average Bonchev–Trinajstić information content (AvgIpc) is 2.51. The van der Waals surface area contributed by atoms with Crippen LogP contribution in [0.3, 0.4) is 0 Å². The molecule has 1 saturated carbocycles. The second kappa shape index (κ2) is 3.65. The summed E-state index contributed by atoms with van der Waals surface area (Å²) in [6.45, 7) is 4.57. The van der Waals surface area contributed by atoms with Crippen LogP contribution >= 0.6 is 15.9 Å². The highest BCUT2D eigenvalue weighted by atomic mass is 79.9. The highest BCUT2D eigenvalue weighted by molar-refractivity contribution is 9.10. The van der Waals surface area contributed by atoms with Crippen LogP contribution in [0, 0.1) is 5.41 Å². The molecule has 14 heavy (non-hydrogen) atoms.